The first kappa shape index (κ1) is 12.7. The zero-order valence-corrected chi connectivity index (χ0v) is 10.8. The summed E-state index contributed by atoms with van der Waals surface area (Å²) in [5.74, 6) is 1.78. The highest BCUT2D eigenvalue weighted by molar-refractivity contribution is 5.62. The van der Waals surface area contributed by atoms with E-state index in [4.69, 9.17) is 9.47 Å². The average molecular weight is 223 g/mol. The van der Waals surface area contributed by atoms with Crippen LogP contribution in [-0.4, -0.2) is 20.3 Å². The third kappa shape index (κ3) is 2.81. The zero-order valence-electron chi connectivity index (χ0n) is 10.8. The number of anilines is 1. The molecule has 0 heterocycles. The zero-order chi connectivity index (χ0) is 12.1. The molecule has 3 nitrogen and oxygen atoms in total. The van der Waals surface area contributed by atoms with Crippen molar-refractivity contribution in [3.05, 3.63) is 17.7 Å². The van der Waals surface area contributed by atoms with Crippen molar-refractivity contribution in [2.24, 2.45) is 0 Å². The fraction of sp³-hybridized carbons (Fsp3) is 0.538. The van der Waals surface area contributed by atoms with Gasteiger partial charge in [-0.15, -0.1) is 0 Å². The molecule has 1 N–H and O–H groups in total. The fourth-order valence-corrected chi connectivity index (χ4v) is 1.66. The van der Waals surface area contributed by atoms with Crippen molar-refractivity contribution in [3.63, 3.8) is 0 Å². The van der Waals surface area contributed by atoms with E-state index in [9.17, 15) is 0 Å². The predicted molar refractivity (Wildman–Crippen MR) is 67.7 cm³/mol. The molecule has 1 aromatic carbocycles. The number of rotatable bonds is 5. The monoisotopic (exact) mass is 223 g/mol. The Morgan fingerprint density at radius 1 is 1.12 bits per heavy atom. The van der Waals surface area contributed by atoms with E-state index in [1.54, 1.807) is 14.2 Å². The third-order valence-electron chi connectivity index (χ3n) is 2.43. The van der Waals surface area contributed by atoms with E-state index in [1.807, 2.05) is 12.1 Å². The topological polar surface area (TPSA) is 30.5 Å². The summed E-state index contributed by atoms with van der Waals surface area (Å²) in [6.45, 7) is 6.30. The predicted octanol–water partition coefficient (Wildman–Crippen LogP) is 3.09. The quantitative estimate of drug-likeness (QED) is 0.832. The number of hydrogen-bond donors (Lipinski definition) is 1. The summed E-state index contributed by atoms with van der Waals surface area (Å²) in [5, 5.41) is 3.35. The van der Waals surface area contributed by atoms with Gasteiger partial charge >= 0.3 is 0 Å². The van der Waals surface area contributed by atoms with E-state index >= 15 is 0 Å². The molecule has 1 rings (SSSR count). The SMILES string of the molecule is CCc1cc(OC)c(NC(C)C)cc1OC. The minimum atomic E-state index is 0.367. The van der Waals surface area contributed by atoms with Gasteiger partial charge in [0.15, 0.2) is 0 Å². The molecule has 0 fully saturated rings. The lowest BCUT2D eigenvalue weighted by atomic mass is 10.1. The van der Waals surface area contributed by atoms with E-state index in [2.05, 4.69) is 26.1 Å². The van der Waals surface area contributed by atoms with Gasteiger partial charge in [0.05, 0.1) is 19.9 Å². The number of benzene rings is 1. The van der Waals surface area contributed by atoms with Crippen LogP contribution < -0.4 is 14.8 Å². The maximum absolute atomic E-state index is 5.37. The maximum atomic E-state index is 5.37. The lowest BCUT2D eigenvalue weighted by molar-refractivity contribution is 0.400. The van der Waals surface area contributed by atoms with Crippen LogP contribution in [-0.2, 0) is 6.42 Å². The Balaban J connectivity index is 3.15. The van der Waals surface area contributed by atoms with Crippen LogP contribution in [0.25, 0.3) is 0 Å². The molecule has 90 valence electrons. The average Bonchev–Trinajstić information content (AvgIpc) is 2.27. The van der Waals surface area contributed by atoms with Crippen LogP contribution in [0, 0.1) is 0 Å². The molecule has 0 aliphatic carbocycles. The van der Waals surface area contributed by atoms with Crippen LogP contribution in [0.15, 0.2) is 12.1 Å². The van der Waals surface area contributed by atoms with Crippen LogP contribution in [0.1, 0.15) is 26.3 Å². The second kappa shape index (κ2) is 5.64. The molecule has 0 amide bonds. The molecule has 1 aromatic rings. The molecule has 0 spiro atoms. The van der Waals surface area contributed by atoms with Crippen molar-refractivity contribution in [1.29, 1.82) is 0 Å². The summed E-state index contributed by atoms with van der Waals surface area (Å²) < 4.78 is 10.7. The highest BCUT2D eigenvalue weighted by Crippen LogP contribution is 2.33. The van der Waals surface area contributed by atoms with Gasteiger partial charge in [0.1, 0.15) is 11.5 Å². The van der Waals surface area contributed by atoms with Gasteiger partial charge in [0.2, 0.25) is 0 Å². The molecule has 0 atom stereocenters. The Morgan fingerprint density at radius 3 is 2.19 bits per heavy atom. The third-order valence-corrected chi connectivity index (χ3v) is 2.43. The van der Waals surface area contributed by atoms with E-state index in [-0.39, 0.29) is 0 Å². The van der Waals surface area contributed by atoms with Gasteiger partial charge in [-0.2, -0.15) is 0 Å². The largest absolute Gasteiger partial charge is 0.496 e. The lowest BCUT2D eigenvalue weighted by Crippen LogP contribution is -2.11. The molecule has 0 saturated heterocycles. The smallest absolute Gasteiger partial charge is 0.142 e. The molecule has 16 heavy (non-hydrogen) atoms. The molecular weight excluding hydrogens is 202 g/mol. The number of methoxy groups -OCH3 is 2. The Hall–Kier alpha value is -1.38. The summed E-state index contributed by atoms with van der Waals surface area (Å²) >= 11 is 0. The first-order valence-electron chi connectivity index (χ1n) is 5.63. The van der Waals surface area contributed by atoms with Crippen molar-refractivity contribution < 1.29 is 9.47 Å². The molecule has 0 aliphatic heterocycles. The highest BCUT2D eigenvalue weighted by atomic mass is 16.5. The molecule has 0 saturated carbocycles. The Kier molecular flexibility index (Phi) is 4.47. The molecule has 0 aliphatic rings. The van der Waals surface area contributed by atoms with E-state index in [0.29, 0.717) is 6.04 Å². The minimum Gasteiger partial charge on any atom is -0.496 e. The number of ether oxygens (including phenoxy) is 2. The van der Waals surface area contributed by atoms with E-state index < -0.39 is 0 Å². The number of aryl methyl sites for hydroxylation is 1. The molecule has 0 unspecified atom stereocenters. The Bertz CT molecular complexity index is 348. The Morgan fingerprint density at radius 2 is 1.75 bits per heavy atom. The standard InChI is InChI=1S/C13H21NO2/c1-6-10-7-13(16-5)11(14-9(2)3)8-12(10)15-4/h7-9,14H,6H2,1-5H3. The van der Waals surface area contributed by atoms with Gasteiger partial charge in [0.25, 0.3) is 0 Å². The van der Waals surface area contributed by atoms with E-state index in [1.165, 1.54) is 0 Å². The van der Waals surface area contributed by atoms with Crippen molar-refractivity contribution in [3.8, 4) is 11.5 Å². The number of hydrogen-bond acceptors (Lipinski definition) is 3. The molecular formula is C13H21NO2. The highest BCUT2D eigenvalue weighted by Gasteiger charge is 2.10. The van der Waals surface area contributed by atoms with Gasteiger partial charge in [-0.3, -0.25) is 0 Å². The van der Waals surface area contributed by atoms with E-state index in [0.717, 1.165) is 29.2 Å². The molecule has 0 bridgehead atoms. The van der Waals surface area contributed by atoms with Crippen LogP contribution in [0.4, 0.5) is 5.69 Å². The fourth-order valence-electron chi connectivity index (χ4n) is 1.66. The van der Waals surface area contributed by atoms with Crippen molar-refractivity contribution in [2.45, 2.75) is 33.2 Å². The normalized spacial score (nSPS) is 10.4. The first-order chi connectivity index (χ1) is 7.62. The van der Waals surface area contributed by atoms with Crippen molar-refractivity contribution in [2.75, 3.05) is 19.5 Å². The molecule has 0 aromatic heterocycles. The second-order valence-electron chi connectivity index (χ2n) is 4.02. The molecule has 0 radical (unpaired) electrons. The summed E-state index contributed by atoms with van der Waals surface area (Å²) in [6.07, 6.45) is 0.932. The maximum Gasteiger partial charge on any atom is 0.142 e. The lowest BCUT2D eigenvalue weighted by Gasteiger charge is -2.17. The van der Waals surface area contributed by atoms with Crippen LogP contribution in [0.5, 0.6) is 11.5 Å². The van der Waals surface area contributed by atoms with Gasteiger partial charge in [-0.05, 0) is 31.9 Å². The van der Waals surface area contributed by atoms with Crippen LogP contribution >= 0.6 is 0 Å². The van der Waals surface area contributed by atoms with Crippen LogP contribution in [0.2, 0.25) is 0 Å². The Labute approximate surface area is 97.8 Å². The van der Waals surface area contributed by atoms with Gasteiger partial charge in [0, 0.05) is 12.1 Å². The van der Waals surface area contributed by atoms with Crippen LogP contribution in [0.3, 0.4) is 0 Å². The summed E-state index contributed by atoms with van der Waals surface area (Å²) in [7, 11) is 3.38. The second-order valence-corrected chi connectivity index (χ2v) is 4.02. The van der Waals surface area contributed by atoms with Gasteiger partial charge < -0.3 is 14.8 Å². The van der Waals surface area contributed by atoms with Crippen molar-refractivity contribution in [1.82, 2.24) is 0 Å². The van der Waals surface area contributed by atoms with Gasteiger partial charge in [-0.1, -0.05) is 6.92 Å². The summed E-state index contributed by atoms with van der Waals surface area (Å²) in [4.78, 5) is 0. The van der Waals surface area contributed by atoms with Gasteiger partial charge in [-0.25, -0.2) is 0 Å². The number of nitrogens with one attached hydrogen (secondary N) is 1. The molecule has 3 heteroatoms. The summed E-state index contributed by atoms with van der Waals surface area (Å²) in [6, 6.07) is 4.40. The first-order valence-corrected chi connectivity index (χ1v) is 5.63. The minimum absolute atomic E-state index is 0.367. The van der Waals surface area contributed by atoms with Crippen molar-refractivity contribution >= 4 is 5.69 Å². The summed E-state index contributed by atoms with van der Waals surface area (Å²) in [5.41, 5.74) is 2.14.